The molecule has 0 atom stereocenters. The Kier molecular flexibility index (Phi) is 4.53. The van der Waals surface area contributed by atoms with E-state index in [1.54, 1.807) is 12.1 Å². The van der Waals surface area contributed by atoms with Gasteiger partial charge in [-0.15, -0.1) is 0 Å². The third-order valence-corrected chi connectivity index (χ3v) is 3.46. The molecule has 2 amide bonds. The molecule has 0 bridgehead atoms. The molecule has 0 aliphatic carbocycles. The molecule has 0 radical (unpaired) electrons. The second kappa shape index (κ2) is 6.19. The Balaban J connectivity index is 2.02. The molecule has 2 rings (SSSR count). The molecule has 110 valence electrons. The lowest BCUT2D eigenvalue weighted by Gasteiger charge is -2.19. The van der Waals surface area contributed by atoms with Crippen molar-refractivity contribution in [2.24, 2.45) is 0 Å². The Hall–Kier alpha value is -2.00. The Labute approximate surface area is 130 Å². The fraction of sp³-hybridized carbons (Fsp3) is 0.235. The van der Waals surface area contributed by atoms with Crippen LogP contribution in [0.15, 0.2) is 48.5 Å². The van der Waals surface area contributed by atoms with Crippen molar-refractivity contribution < 1.29 is 4.79 Å². The Morgan fingerprint density at radius 2 is 1.57 bits per heavy atom. The van der Waals surface area contributed by atoms with Crippen LogP contribution in [0.25, 0.3) is 0 Å². The maximum Gasteiger partial charge on any atom is 0.323 e. The van der Waals surface area contributed by atoms with E-state index in [9.17, 15) is 4.79 Å². The van der Waals surface area contributed by atoms with Crippen LogP contribution in [0.3, 0.4) is 0 Å². The zero-order valence-corrected chi connectivity index (χ0v) is 13.2. The second-order valence-electron chi connectivity index (χ2n) is 5.89. The Bertz CT molecular complexity index is 630. The second-order valence-corrected chi connectivity index (χ2v) is 6.29. The van der Waals surface area contributed by atoms with E-state index in [4.69, 9.17) is 11.6 Å². The molecule has 0 aliphatic rings. The van der Waals surface area contributed by atoms with Gasteiger partial charge in [-0.1, -0.05) is 56.6 Å². The van der Waals surface area contributed by atoms with Crippen molar-refractivity contribution in [3.05, 3.63) is 59.1 Å². The number of nitrogens with one attached hydrogen (secondary N) is 2. The number of amides is 2. The number of rotatable bonds is 2. The number of carbonyl (C=O) groups excluding carboxylic acids is 1. The van der Waals surface area contributed by atoms with Crippen LogP contribution in [0.4, 0.5) is 16.2 Å². The molecule has 0 saturated carbocycles. The zero-order valence-electron chi connectivity index (χ0n) is 12.4. The first-order valence-corrected chi connectivity index (χ1v) is 7.17. The monoisotopic (exact) mass is 302 g/mol. The molecule has 0 spiro atoms. The van der Waals surface area contributed by atoms with Gasteiger partial charge in [0.15, 0.2) is 0 Å². The minimum Gasteiger partial charge on any atom is -0.308 e. The van der Waals surface area contributed by atoms with Crippen LogP contribution in [0, 0.1) is 0 Å². The fourth-order valence-corrected chi connectivity index (χ4v) is 2.08. The fourth-order valence-electron chi connectivity index (χ4n) is 1.90. The summed E-state index contributed by atoms with van der Waals surface area (Å²) in [6.07, 6.45) is 0. The van der Waals surface area contributed by atoms with E-state index in [1.807, 2.05) is 36.4 Å². The Morgan fingerprint density at radius 1 is 0.952 bits per heavy atom. The normalized spacial score (nSPS) is 11.0. The quantitative estimate of drug-likeness (QED) is 0.778. The number of hydrogen-bond donors (Lipinski definition) is 2. The van der Waals surface area contributed by atoms with Gasteiger partial charge in [0.1, 0.15) is 0 Å². The van der Waals surface area contributed by atoms with Crippen molar-refractivity contribution in [1.29, 1.82) is 0 Å². The lowest BCUT2D eigenvalue weighted by atomic mass is 9.87. The van der Waals surface area contributed by atoms with Gasteiger partial charge < -0.3 is 10.6 Å². The van der Waals surface area contributed by atoms with Gasteiger partial charge in [-0.25, -0.2) is 4.79 Å². The summed E-state index contributed by atoms with van der Waals surface area (Å²) in [5.41, 5.74) is 2.65. The molecule has 2 aromatic carbocycles. The van der Waals surface area contributed by atoms with Crippen molar-refractivity contribution in [2.75, 3.05) is 10.6 Å². The number of para-hydroxylation sites is 1. The summed E-state index contributed by atoms with van der Waals surface area (Å²) >= 11 is 6.00. The number of urea groups is 1. The lowest BCUT2D eigenvalue weighted by Crippen LogP contribution is -2.19. The summed E-state index contributed by atoms with van der Waals surface area (Å²) < 4.78 is 0. The summed E-state index contributed by atoms with van der Waals surface area (Å²) in [6.45, 7) is 6.46. The minimum atomic E-state index is -0.313. The number of halogens is 1. The topological polar surface area (TPSA) is 41.1 Å². The minimum absolute atomic E-state index is 0.0956. The van der Waals surface area contributed by atoms with E-state index >= 15 is 0 Å². The van der Waals surface area contributed by atoms with Gasteiger partial charge in [-0.05, 0) is 35.2 Å². The predicted octanol–water partition coefficient (Wildman–Crippen LogP) is 5.28. The third-order valence-electron chi connectivity index (χ3n) is 3.13. The average molecular weight is 303 g/mol. The van der Waals surface area contributed by atoms with E-state index in [2.05, 4.69) is 31.4 Å². The number of hydrogen-bond acceptors (Lipinski definition) is 1. The maximum atomic E-state index is 11.9. The van der Waals surface area contributed by atoms with Crippen LogP contribution in [0.5, 0.6) is 0 Å². The molecule has 0 fully saturated rings. The highest BCUT2D eigenvalue weighted by atomic mass is 35.5. The van der Waals surface area contributed by atoms with E-state index < -0.39 is 0 Å². The van der Waals surface area contributed by atoms with E-state index in [-0.39, 0.29) is 11.4 Å². The highest BCUT2D eigenvalue weighted by molar-refractivity contribution is 6.33. The third kappa shape index (κ3) is 4.23. The van der Waals surface area contributed by atoms with Crippen LogP contribution in [-0.2, 0) is 5.41 Å². The van der Waals surface area contributed by atoms with E-state index in [0.717, 1.165) is 5.69 Å². The highest BCUT2D eigenvalue weighted by Gasteiger charge is 2.13. The van der Waals surface area contributed by atoms with Gasteiger partial charge in [0.2, 0.25) is 0 Å². The SMILES string of the molecule is CC(C)(C)c1ccc(NC(=O)Nc2ccccc2Cl)cc1. The van der Waals surface area contributed by atoms with Crippen molar-refractivity contribution >= 4 is 29.0 Å². The average Bonchev–Trinajstić information content (AvgIpc) is 2.41. The molecule has 4 heteroatoms. The van der Waals surface area contributed by atoms with E-state index in [1.165, 1.54) is 5.56 Å². The molecule has 0 heterocycles. The summed E-state index contributed by atoms with van der Waals surface area (Å²) in [5, 5.41) is 6.02. The van der Waals surface area contributed by atoms with Crippen molar-refractivity contribution in [1.82, 2.24) is 0 Å². The standard InChI is InChI=1S/C17H19ClN2O/c1-17(2,3)12-8-10-13(11-9-12)19-16(21)20-15-7-5-4-6-14(15)18/h4-11H,1-3H3,(H2,19,20,21). The summed E-state index contributed by atoms with van der Waals surface area (Å²) in [6, 6.07) is 14.6. The summed E-state index contributed by atoms with van der Waals surface area (Å²) in [5.74, 6) is 0. The van der Waals surface area contributed by atoms with Gasteiger partial charge in [0.25, 0.3) is 0 Å². The smallest absolute Gasteiger partial charge is 0.308 e. The zero-order chi connectivity index (χ0) is 15.5. The molecule has 0 saturated heterocycles. The van der Waals surface area contributed by atoms with Gasteiger partial charge in [0, 0.05) is 5.69 Å². The van der Waals surface area contributed by atoms with Crippen LogP contribution in [-0.4, -0.2) is 6.03 Å². The van der Waals surface area contributed by atoms with Crippen LogP contribution >= 0.6 is 11.6 Å². The molecule has 0 unspecified atom stereocenters. The first-order valence-electron chi connectivity index (χ1n) is 6.79. The largest absolute Gasteiger partial charge is 0.323 e. The molecule has 21 heavy (non-hydrogen) atoms. The number of anilines is 2. The van der Waals surface area contributed by atoms with Crippen molar-refractivity contribution in [2.45, 2.75) is 26.2 Å². The van der Waals surface area contributed by atoms with Crippen LogP contribution < -0.4 is 10.6 Å². The molecule has 0 aliphatic heterocycles. The highest BCUT2D eigenvalue weighted by Crippen LogP contribution is 2.24. The van der Waals surface area contributed by atoms with Crippen molar-refractivity contribution in [3.8, 4) is 0 Å². The van der Waals surface area contributed by atoms with E-state index in [0.29, 0.717) is 10.7 Å². The lowest BCUT2D eigenvalue weighted by molar-refractivity contribution is 0.262. The summed E-state index contributed by atoms with van der Waals surface area (Å²) in [7, 11) is 0. The maximum absolute atomic E-state index is 11.9. The first kappa shape index (κ1) is 15.4. The molecular formula is C17H19ClN2O. The number of benzene rings is 2. The Morgan fingerprint density at radius 3 is 2.14 bits per heavy atom. The first-order chi connectivity index (χ1) is 9.86. The molecule has 3 nitrogen and oxygen atoms in total. The molecule has 0 aromatic heterocycles. The summed E-state index contributed by atoms with van der Waals surface area (Å²) in [4.78, 5) is 11.9. The predicted molar refractivity (Wildman–Crippen MR) is 89.2 cm³/mol. The molecular weight excluding hydrogens is 284 g/mol. The number of carbonyl (C=O) groups is 1. The van der Waals surface area contributed by atoms with Gasteiger partial charge in [0.05, 0.1) is 10.7 Å². The van der Waals surface area contributed by atoms with Gasteiger partial charge in [-0.3, -0.25) is 0 Å². The van der Waals surface area contributed by atoms with Gasteiger partial charge >= 0.3 is 6.03 Å². The van der Waals surface area contributed by atoms with Crippen molar-refractivity contribution in [3.63, 3.8) is 0 Å². The van der Waals surface area contributed by atoms with Crippen LogP contribution in [0.2, 0.25) is 5.02 Å². The molecule has 2 N–H and O–H groups in total. The van der Waals surface area contributed by atoms with Crippen LogP contribution in [0.1, 0.15) is 26.3 Å². The van der Waals surface area contributed by atoms with Gasteiger partial charge in [-0.2, -0.15) is 0 Å². The molecule has 2 aromatic rings.